The van der Waals surface area contributed by atoms with E-state index in [0.717, 1.165) is 11.1 Å². The Bertz CT molecular complexity index is 731. The van der Waals surface area contributed by atoms with Gasteiger partial charge in [-0.05, 0) is 0 Å². The van der Waals surface area contributed by atoms with Crippen LogP contribution in [0.5, 0.6) is 0 Å². The molecule has 19 heavy (non-hydrogen) atoms. The SMILES string of the molecule is Cn1ncc(-c2cnc3ncnn3c2)c1C(C)(C)C. The molecule has 3 heterocycles. The van der Waals surface area contributed by atoms with Crippen molar-refractivity contribution < 1.29 is 0 Å². The molecule has 0 aliphatic heterocycles. The molecule has 6 nitrogen and oxygen atoms in total. The van der Waals surface area contributed by atoms with E-state index in [-0.39, 0.29) is 5.41 Å². The van der Waals surface area contributed by atoms with Crippen molar-refractivity contribution >= 4 is 5.78 Å². The Labute approximate surface area is 111 Å². The minimum atomic E-state index is 0.0118. The van der Waals surface area contributed by atoms with Crippen molar-refractivity contribution in [2.75, 3.05) is 0 Å². The van der Waals surface area contributed by atoms with E-state index in [0.29, 0.717) is 5.78 Å². The first kappa shape index (κ1) is 11.8. The second kappa shape index (κ2) is 3.88. The smallest absolute Gasteiger partial charge is 0.252 e. The van der Waals surface area contributed by atoms with Gasteiger partial charge in [0.2, 0.25) is 0 Å². The molecule has 0 radical (unpaired) electrons. The first-order chi connectivity index (χ1) is 8.97. The van der Waals surface area contributed by atoms with Gasteiger partial charge in [-0.2, -0.15) is 15.2 Å². The zero-order chi connectivity index (χ0) is 13.6. The van der Waals surface area contributed by atoms with Gasteiger partial charge >= 0.3 is 0 Å². The fourth-order valence-electron chi connectivity index (χ4n) is 2.40. The first-order valence-electron chi connectivity index (χ1n) is 6.15. The highest BCUT2D eigenvalue weighted by molar-refractivity contribution is 5.65. The van der Waals surface area contributed by atoms with Crippen LogP contribution >= 0.6 is 0 Å². The number of fused-ring (bicyclic) bond motifs is 1. The molecule has 0 aliphatic rings. The fraction of sp³-hybridized carbons (Fsp3) is 0.385. The molecule has 0 atom stereocenters. The summed E-state index contributed by atoms with van der Waals surface area (Å²) in [5, 5.41) is 8.49. The van der Waals surface area contributed by atoms with Crippen LogP contribution in [-0.4, -0.2) is 29.4 Å². The molecule has 0 aliphatic carbocycles. The molecule has 0 saturated carbocycles. The van der Waals surface area contributed by atoms with Crippen molar-refractivity contribution in [3.05, 3.63) is 30.6 Å². The maximum absolute atomic E-state index is 4.37. The van der Waals surface area contributed by atoms with Crippen molar-refractivity contribution in [1.29, 1.82) is 0 Å². The highest BCUT2D eigenvalue weighted by atomic mass is 15.3. The Morgan fingerprint density at radius 1 is 1.05 bits per heavy atom. The van der Waals surface area contributed by atoms with Crippen LogP contribution in [0.1, 0.15) is 26.5 Å². The highest BCUT2D eigenvalue weighted by Gasteiger charge is 2.23. The molecular formula is C13H16N6. The maximum Gasteiger partial charge on any atom is 0.252 e. The van der Waals surface area contributed by atoms with Crippen LogP contribution in [0, 0.1) is 0 Å². The van der Waals surface area contributed by atoms with Crippen LogP contribution in [0.25, 0.3) is 16.9 Å². The molecule has 3 rings (SSSR count). The molecule has 3 aromatic rings. The monoisotopic (exact) mass is 256 g/mol. The molecule has 3 aromatic heterocycles. The average molecular weight is 256 g/mol. The van der Waals surface area contributed by atoms with Crippen LogP contribution in [0.4, 0.5) is 0 Å². The molecule has 0 bridgehead atoms. The van der Waals surface area contributed by atoms with Gasteiger partial charge < -0.3 is 0 Å². The van der Waals surface area contributed by atoms with Gasteiger partial charge in [-0.15, -0.1) is 0 Å². The minimum absolute atomic E-state index is 0.0118. The lowest BCUT2D eigenvalue weighted by Crippen LogP contribution is -2.17. The lowest BCUT2D eigenvalue weighted by molar-refractivity contribution is 0.524. The van der Waals surface area contributed by atoms with Crippen LogP contribution in [0.15, 0.2) is 24.9 Å². The number of nitrogens with zero attached hydrogens (tertiary/aromatic N) is 6. The number of hydrogen-bond acceptors (Lipinski definition) is 4. The van der Waals surface area contributed by atoms with E-state index >= 15 is 0 Å². The molecule has 0 spiro atoms. The van der Waals surface area contributed by atoms with E-state index in [1.54, 1.807) is 4.52 Å². The molecule has 0 N–H and O–H groups in total. The lowest BCUT2D eigenvalue weighted by atomic mass is 9.88. The third-order valence-corrected chi connectivity index (χ3v) is 3.09. The molecule has 6 heteroatoms. The van der Waals surface area contributed by atoms with Crippen molar-refractivity contribution in [2.45, 2.75) is 26.2 Å². The van der Waals surface area contributed by atoms with Gasteiger partial charge in [-0.25, -0.2) is 9.50 Å². The van der Waals surface area contributed by atoms with E-state index in [9.17, 15) is 0 Å². The second-order valence-corrected chi connectivity index (χ2v) is 5.63. The summed E-state index contributed by atoms with van der Waals surface area (Å²) in [7, 11) is 1.96. The number of aryl methyl sites for hydroxylation is 1. The van der Waals surface area contributed by atoms with Crippen molar-refractivity contribution in [1.82, 2.24) is 29.4 Å². The van der Waals surface area contributed by atoms with Crippen molar-refractivity contribution in [3.63, 3.8) is 0 Å². The van der Waals surface area contributed by atoms with Gasteiger partial charge in [-0.1, -0.05) is 20.8 Å². The molecular weight excluding hydrogens is 240 g/mol. The molecule has 98 valence electrons. The molecule has 0 saturated heterocycles. The van der Waals surface area contributed by atoms with Gasteiger partial charge in [0.15, 0.2) is 0 Å². The van der Waals surface area contributed by atoms with Crippen molar-refractivity contribution in [3.8, 4) is 11.1 Å². The zero-order valence-electron chi connectivity index (χ0n) is 11.5. The molecule has 0 fully saturated rings. The zero-order valence-corrected chi connectivity index (χ0v) is 11.5. The Morgan fingerprint density at radius 3 is 2.58 bits per heavy atom. The Kier molecular flexibility index (Phi) is 2.41. The summed E-state index contributed by atoms with van der Waals surface area (Å²) < 4.78 is 3.59. The Hall–Kier alpha value is -2.24. The van der Waals surface area contributed by atoms with Gasteiger partial charge in [-0.3, -0.25) is 4.68 Å². The normalized spacial score (nSPS) is 12.2. The summed E-state index contributed by atoms with van der Waals surface area (Å²) in [6.45, 7) is 6.53. The van der Waals surface area contributed by atoms with Crippen molar-refractivity contribution in [2.24, 2.45) is 7.05 Å². The minimum Gasteiger partial charge on any atom is -0.271 e. The van der Waals surface area contributed by atoms with Crippen LogP contribution in [0.2, 0.25) is 0 Å². The third kappa shape index (κ3) is 1.89. The number of rotatable bonds is 1. The van der Waals surface area contributed by atoms with E-state index in [4.69, 9.17) is 0 Å². The van der Waals surface area contributed by atoms with Gasteiger partial charge in [0.1, 0.15) is 6.33 Å². The fourth-order valence-corrected chi connectivity index (χ4v) is 2.40. The standard InChI is InChI=1S/C13H16N6/c1-13(2,3)11-10(6-16-18(11)4)9-5-14-12-15-8-17-19(12)7-9/h5-8H,1-4H3. The van der Waals surface area contributed by atoms with E-state index in [1.807, 2.05) is 30.3 Å². The summed E-state index contributed by atoms with van der Waals surface area (Å²) >= 11 is 0. The summed E-state index contributed by atoms with van der Waals surface area (Å²) in [6, 6.07) is 0. The first-order valence-corrected chi connectivity index (χ1v) is 6.15. The lowest BCUT2D eigenvalue weighted by Gasteiger charge is -2.21. The maximum atomic E-state index is 4.37. The van der Waals surface area contributed by atoms with Gasteiger partial charge in [0.05, 0.1) is 11.9 Å². The van der Waals surface area contributed by atoms with Crippen LogP contribution < -0.4 is 0 Å². The average Bonchev–Trinajstić information content (AvgIpc) is 2.92. The molecule has 0 aromatic carbocycles. The van der Waals surface area contributed by atoms with E-state index in [1.165, 1.54) is 12.0 Å². The highest BCUT2D eigenvalue weighted by Crippen LogP contribution is 2.31. The quantitative estimate of drug-likeness (QED) is 0.666. The topological polar surface area (TPSA) is 60.9 Å². The molecule has 0 unspecified atom stereocenters. The Balaban J connectivity index is 2.21. The largest absolute Gasteiger partial charge is 0.271 e. The Morgan fingerprint density at radius 2 is 1.84 bits per heavy atom. The predicted octanol–water partition coefficient (Wildman–Crippen LogP) is 1.82. The van der Waals surface area contributed by atoms with Gasteiger partial charge in [0, 0.05) is 36.0 Å². The summed E-state index contributed by atoms with van der Waals surface area (Å²) in [6.07, 6.45) is 7.12. The van der Waals surface area contributed by atoms with E-state index < -0.39 is 0 Å². The number of hydrogen-bond donors (Lipinski definition) is 0. The van der Waals surface area contributed by atoms with Crippen LogP contribution in [-0.2, 0) is 12.5 Å². The second-order valence-electron chi connectivity index (χ2n) is 5.63. The summed E-state index contributed by atoms with van der Waals surface area (Å²) in [5.41, 5.74) is 3.27. The molecule has 0 amide bonds. The summed E-state index contributed by atoms with van der Waals surface area (Å²) in [5.74, 6) is 0.602. The summed E-state index contributed by atoms with van der Waals surface area (Å²) in [4.78, 5) is 8.35. The predicted molar refractivity (Wildman–Crippen MR) is 71.7 cm³/mol. The third-order valence-electron chi connectivity index (χ3n) is 3.09. The van der Waals surface area contributed by atoms with Gasteiger partial charge in [0.25, 0.3) is 5.78 Å². The van der Waals surface area contributed by atoms with Crippen LogP contribution in [0.3, 0.4) is 0 Å². The van der Waals surface area contributed by atoms with E-state index in [2.05, 4.69) is 40.9 Å². The number of aromatic nitrogens is 6.